The molecule has 7 nitrogen and oxygen atoms in total. The topological polar surface area (TPSA) is 84.4 Å². The van der Waals surface area contributed by atoms with Crippen molar-refractivity contribution in [1.29, 1.82) is 0 Å². The van der Waals surface area contributed by atoms with Crippen molar-refractivity contribution in [2.45, 2.75) is 13.5 Å². The number of fused-ring (bicyclic) bond motifs is 2. The highest BCUT2D eigenvalue weighted by molar-refractivity contribution is 9.10. The lowest BCUT2D eigenvalue weighted by Gasteiger charge is -2.15. The molecule has 0 saturated carbocycles. The van der Waals surface area contributed by atoms with E-state index in [9.17, 15) is 0 Å². The molecular formula is C21H26BrN7. The molecule has 0 radical (unpaired) electrons. The molecule has 4 rings (SSSR count). The molecule has 0 saturated heterocycles. The van der Waals surface area contributed by atoms with Crippen LogP contribution < -0.4 is 11.1 Å². The van der Waals surface area contributed by atoms with Gasteiger partial charge in [-0.05, 0) is 55.8 Å². The molecule has 0 atom stereocenters. The van der Waals surface area contributed by atoms with Crippen LogP contribution in [0.5, 0.6) is 0 Å². The van der Waals surface area contributed by atoms with Gasteiger partial charge in [0, 0.05) is 29.3 Å². The fraction of sp³-hybridized carbons (Fsp3) is 0.286. The van der Waals surface area contributed by atoms with Crippen LogP contribution in [0.3, 0.4) is 0 Å². The van der Waals surface area contributed by atoms with E-state index in [2.05, 4.69) is 62.3 Å². The van der Waals surface area contributed by atoms with Crippen molar-refractivity contribution in [1.82, 2.24) is 29.8 Å². The predicted octanol–water partition coefficient (Wildman–Crippen LogP) is 3.58. The summed E-state index contributed by atoms with van der Waals surface area (Å²) in [6.45, 7) is 3.75. The van der Waals surface area contributed by atoms with Gasteiger partial charge in [0.15, 0.2) is 5.65 Å². The van der Waals surface area contributed by atoms with Gasteiger partial charge >= 0.3 is 0 Å². The molecule has 0 fully saturated rings. The second kappa shape index (κ2) is 9.30. The minimum absolute atomic E-state index is 0.550. The van der Waals surface area contributed by atoms with Crippen LogP contribution in [0.4, 0.5) is 5.82 Å². The van der Waals surface area contributed by atoms with Crippen molar-refractivity contribution in [2.24, 2.45) is 0 Å². The van der Waals surface area contributed by atoms with E-state index < -0.39 is 0 Å². The van der Waals surface area contributed by atoms with Crippen molar-refractivity contribution in [3.63, 3.8) is 0 Å². The van der Waals surface area contributed by atoms with Crippen LogP contribution in [-0.4, -0.2) is 52.2 Å². The van der Waals surface area contributed by atoms with Gasteiger partial charge in [0.05, 0.1) is 21.9 Å². The van der Waals surface area contributed by atoms with Crippen molar-refractivity contribution in [2.75, 3.05) is 33.4 Å². The Labute approximate surface area is 179 Å². The molecule has 1 aromatic carbocycles. The number of aromatic nitrogens is 4. The van der Waals surface area contributed by atoms with Crippen LogP contribution in [0, 0.1) is 0 Å². The normalized spacial score (nSPS) is 11.1. The minimum Gasteiger partial charge on any atom is -0.383 e. The summed E-state index contributed by atoms with van der Waals surface area (Å²) in [5, 5.41) is 8.27. The van der Waals surface area contributed by atoms with Crippen LogP contribution in [-0.2, 0) is 6.54 Å². The van der Waals surface area contributed by atoms with E-state index in [1.807, 2.05) is 38.5 Å². The molecule has 152 valence electrons. The molecule has 3 N–H and O–H groups in total. The van der Waals surface area contributed by atoms with Crippen LogP contribution in [0.15, 0.2) is 47.2 Å². The number of pyridine rings is 1. The smallest absolute Gasteiger partial charge is 0.165 e. The molecule has 29 heavy (non-hydrogen) atoms. The molecule has 8 heteroatoms. The lowest BCUT2D eigenvalue weighted by molar-refractivity contribution is 0.341. The molecule has 3 aromatic heterocycles. The first-order valence-electron chi connectivity index (χ1n) is 9.43. The van der Waals surface area contributed by atoms with Gasteiger partial charge in [0.2, 0.25) is 0 Å². The van der Waals surface area contributed by atoms with Crippen molar-refractivity contribution >= 4 is 38.3 Å². The van der Waals surface area contributed by atoms with Gasteiger partial charge in [-0.2, -0.15) is 9.61 Å². The summed E-state index contributed by atoms with van der Waals surface area (Å²) < 4.78 is 2.46. The van der Waals surface area contributed by atoms with Crippen LogP contribution in [0.25, 0.3) is 27.7 Å². The number of hydrogen-bond donors (Lipinski definition) is 2. The average Bonchev–Trinajstić information content (AvgIpc) is 3.15. The van der Waals surface area contributed by atoms with Gasteiger partial charge in [-0.3, -0.25) is 4.98 Å². The van der Waals surface area contributed by atoms with Gasteiger partial charge in [-0.1, -0.05) is 25.1 Å². The third-order valence-corrected chi connectivity index (χ3v) is 5.42. The maximum Gasteiger partial charge on any atom is 0.165 e. The summed E-state index contributed by atoms with van der Waals surface area (Å²) in [5.74, 6) is 0.550. The average molecular weight is 456 g/mol. The second-order valence-corrected chi connectivity index (χ2v) is 7.59. The van der Waals surface area contributed by atoms with Gasteiger partial charge in [-0.25, -0.2) is 4.98 Å². The van der Waals surface area contributed by atoms with E-state index in [0.29, 0.717) is 12.4 Å². The number of rotatable bonds is 4. The summed E-state index contributed by atoms with van der Waals surface area (Å²) in [5.41, 5.74) is 10.8. The Kier molecular flexibility index (Phi) is 6.79. The molecule has 0 aliphatic carbocycles. The molecule has 0 unspecified atom stereocenters. The van der Waals surface area contributed by atoms with Gasteiger partial charge in [-0.15, -0.1) is 0 Å². The van der Waals surface area contributed by atoms with E-state index in [0.717, 1.165) is 44.4 Å². The Morgan fingerprint density at radius 3 is 2.66 bits per heavy atom. The predicted molar refractivity (Wildman–Crippen MR) is 123 cm³/mol. The van der Waals surface area contributed by atoms with Crippen molar-refractivity contribution in [3.05, 3.63) is 52.9 Å². The van der Waals surface area contributed by atoms with Crippen LogP contribution in [0.1, 0.15) is 12.6 Å². The standard InChI is InChI=1S/C19H19BrN6.C2H7N/c1-3-25(2)11-16-17(20)18(21)26-19(24-16)14(10-23-26)13-8-12-6-4-5-7-15(12)22-9-13;1-3-2/h4-10H,3,11,21H2,1-2H3;3H,1-2H3. The summed E-state index contributed by atoms with van der Waals surface area (Å²) in [7, 11) is 5.80. The van der Waals surface area contributed by atoms with Crippen molar-refractivity contribution < 1.29 is 0 Å². The molecule has 0 aliphatic rings. The summed E-state index contributed by atoms with van der Waals surface area (Å²) in [6, 6.07) is 10.2. The SMILES string of the molecule is CCN(C)Cc1nc2c(-c3cnc4ccccc4c3)cnn2c(N)c1Br.CNC. The van der Waals surface area contributed by atoms with E-state index in [4.69, 9.17) is 10.7 Å². The Morgan fingerprint density at radius 1 is 1.21 bits per heavy atom. The number of benzene rings is 1. The molecule has 0 spiro atoms. The van der Waals surface area contributed by atoms with E-state index in [-0.39, 0.29) is 0 Å². The van der Waals surface area contributed by atoms with Gasteiger partial charge < -0.3 is 16.0 Å². The van der Waals surface area contributed by atoms with Crippen molar-refractivity contribution in [3.8, 4) is 11.1 Å². The molecule has 0 aliphatic heterocycles. The highest BCUT2D eigenvalue weighted by atomic mass is 79.9. The fourth-order valence-electron chi connectivity index (χ4n) is 2.94. The zero-order chi connectivity index (χ0) is 21.0. The largest absolute Gasteiger partial charge is 0.383 e. The summed E-state index contributed by atoms with van der Waals surface area (Å²) in [6.07, 6.45) is 3.65. The lowest BCUT2D eigenvalue weighted by Crippen LogP contribution is -2.19. The zero-order valence-electron chi connectivity index (χ0n) is 17.1. The van der Waals surface area contributed by atoms with Crippen LogP contribution in [0.2, 0.25) is 0 Å². The zero-order valence-corrected chi connectivity index (χ0v) is 18.7. The number of anilines is 1. The molecule has 0 bridgehead atoms. The lowest BCUT2D eigenvalue weighted by atomic mass is 10.1. The highest BCUT2D eigenvalue weighted by Crippen LogP contribution is 2.31. The first-order chi connectivity index (χ1) is 14.0. The minimum atomic E-state index is 0.550. The quantitative estimate of drug-likeness (QED) is 0.489. The maximum atomic E-state index is 6.30. The molecule has 3 heterocycles. The first-order valence-corrected chi connectivity index (χ1v) is 10.2. The molecule has 0 amide bonds. The number of nitrogen functional groups attached to an aromatic ring is 1. The number of nitrogens with zero attached hydrogens (tertiary/aromatic N) is 5. The number of halogens is 1. The van der Waals surface area contributed by atoms with Gasteiger partial charge in [0.1, 0.15) is 5.82 Å². The monoisotopic (exact) mass is 455 g/mol. The first kappa shape index (κ1) is 21.2. The fourth-order valence-corrected chi connectivity index (χ4v) is 3.32. The maximum absolute atomic E-state index is 6.30. The van der Waals surface area contributed by atoms with E-state index in [1.54, 1.807) is 10.7 Å². The second-order valence-electron chi connectivity index (χ2n) is 6.80. The number of nitrogens with one attached hydrogen (secondary N) is 1. The Balaban J connectivity index is 0.000000755. The van der Waals surface area contributed by atoms with E-state index in [1.165, 1.54) is 0 Å². The third-order valence-electron chi connectivity index (χ3n) is 4.55. The van der Waals surface area contributed by atoms with Crippen LogP contribution >= 0.6 is 15.9 Å². The third kappa shape index (κ3) is 4.39. The Hall–Kier alpha value is -2.55. The number of hydrogen-bond acceptors (Lipinski definition) is 6. The number of nitrogens with two attached hydrogens (primary N) is 1. The molecular weight excluding hydrogens is 430 g/mol. The summed E-state index contributed by atoms with van der Waals surface area (Å²) in [4.78, 5) is 11.6. The van der Waals surface area contributed by atoms with E-state index >= 15 is 0 Å². The number of para-hydroxylation sites is 1. The Bertz CT molecular complexity index is 1120. The highest BCUT2D eigenvalue weighted by Gasteiger charge is 2.17. The summed E-state index contributed by atoms with van der Waals surface area (Å²) >= 11 is 3.57. The Morgan fingerprint density at radius 2 is 1.93 bits per heavy atom. The molecule has 4 aromatic rings. The van der Waals surface area contributed by atoms with Gasteiger partial charge in [0.25, 0.3) is 0 Å².